The molecule has 1 aliphatic rings. The number of rotatable bonds is 4. The molecule has 1 saturated heterocycles. The van der Waals surface area contributed by atoms with Crippen LogP contribution in [0.15, 0.2) is 30.5 Å². The van der Waals surface area contributed by atoms with Gasteiger partial charge in [0.25, 0.3) is 5.91 Å². The Morgan fingerprint density at radius 2 is 1.92 bits per heavy atom. The fourth-order valence-corrected chi connectivity index (χ4v) is 2.95. The van der Waals surface area contributed by atoms with Gasteiger partial charge in [-0.05, 0) is 19.1 Å². The minimum Gasteiger partial charge on any atom is -0.335 e. The standard InChI is InChI=1S/C17H20F2N4O/c1-2-23-15(6-7-20-23)17(24)22-10-8-21(9-11-22)12-13-4-3-5-14(18)16(13)19/h3-7H,2,8-12H2,1H3. The topological polar surface area (TPSA) is 41.4 Å². The summed E-state index contributed by atoms with van der Waals surface area (Å²) in [6.07, 6.45) is 1.62. The number of piperazine rings is 1. The molecule has 0 unspecified atom stereocenters. The molecule has 0 saturated carbocycles. The molecule has 0 atom stereocenters. The van der Waals surface area contributed by atoms with Crippen molar-refractivity contribution in [2.75, 3.05) is 26.2 Å². The Hall–Kier alpha value is -2.28. The maximum absolute atomic E-state index is 13.8. The lowest BCUT2D eigenvalue weighted by atomic mass is 10.1. The van der Waals surface area contributed by atoms with Gasteiger partial charge in [0, 0.05) is 51.0 Å². The zero-order chi connectivity index (χ0) is 17.1. The highest BCUT2D eigenvalue weighted by atomic mass is 19.2. The largest absolute Gasteiger partial charge is 0.335 e. The number of carbonyl (C=O) groups is 1. The average Bonchev–Trinajstić information content (AvgIpc) is 3.08. The Labute approximate surface area is 139 Å². The van der Waals surface area contributed by atoms with E-state index >= 15 is 0 Å². The third-order valence-electron chi connectivity index (χ3n) is 4.32. The molecule has 5 nitrogen and oxygen atoms in total. The summed E-state index contributed by atoms with van der Waals surface area (Å²) in [5, 5.41) is 4.12. The van der Waals surface area contributed by atoms with E-state index in [1.54, 1.807) is 27.9 Å². The van der Waals surface area contributed by atoms with E-state index in [0.29, 0.717) is 50.5 Å². The summed E-state index contributed by atoms with van der Waals surface area (Å²) >= 11 is 0. The predicted molar refractivity (Wildman–Crippen MR) is 85.4 cm³/mol. The molecule has 1 aliphatic heterocycles. The molecule has 0 spiro atoms. The van der Waals surface area contributed by atoms with E-state index in [-0.39, 0.29) is 5.91 Å². The smallest absolute Gasteiger partial charge is 0.272 e. The fraction of sp³-hybridized carbons (Fsp3) is 0.412. The minimum atomic E-state index is -0.825. The lowest BCUT2D eigenvalue weighted by Crippen LogP contribution is -2.48. The van der Waals surface area contributed by atoms with Crippen LogP contribution >= 0.6 is 0 Å². The van der Waals surface area contributed by atoms with Gasteiger partial charge in [-0.3, -0.25) is 14.4 Å². The number of aromatic nitrogens is 2. The van der Waals surface area contributed by atoms with Crippen molar-refractivity contribution in [2.45, 2.75) is 20.0 Å². The number of halogens is 2. The van der Waals surface area contributed by atoms with Crippen molar-refractivity contribution in [1.82, 2.24) is 19.6 Å². The first-order valence-electron chi connectivity index (χ1n) is 8.06. The van der Waals surface area contributed by atoms with Crippen LogP contribution in [0.4, 0.5) is 8.78 Å². The summed E-state index contributed by atoms with van der Waals surface area (Å²) < 4.78 is 28.7. The number of carbonyl (C=O) groups excluding carboxylic acids is 1. The number of aryl methyl sites for hydroxylation is 1. The van der Waals surface area contributed by atoms with Crippen LogP contribution in [-0.2, 0) is 13.1 Å². The summed E-state index contributed by atoms with van der Waals surface area (Å²) in [6.45, 7) is 5.31. The second kappa shape index (κ2) is 7.09. The second-order valence-electron chi connectivity index (χ2n) is 5.81. The Morgan fingerprint density at radius 1 is 1.17 bits per heavy atom. The summed E-state index contributed by atoms with van der Waals surface area (Å²) in [6, 6.07) is 5.95. The van der Waals surface area contributed by atoms with Crippen molar-refractivity contribution in [1.29, 1.82) is 0 Å². The third-order valence-corrected chi connectivity index (χ3v) is 4.32. The summed E-state index contributed by atoms with van der Waals surface area (Å²) in [4.78, 5) is 16.3. The molecule has 7 heteroatoms. The van der Waals surface area contributed by atoms with Crippen molar-refractivity contribution in [3.05, 3.63) is 53.4 Å². The van der Waals surface area contributed by atoms with Crippen LogP contribution in [0.25, 0.3) is 0 Å². The minimum absolute atomic E-state index is 0.0362. The van der Waals surface area contributed by atoms with Crippen molar-refractivity contribution in [3.8, 4) is 0 Å². The number of nitrogens with zero attached hydrogens (tertiary/aromatic N) is 4. The molecule has 2 aromatic rings. The van der Waals surface area contributed by atoms with Gasteiger partial charge in [0.15, 0.2) is 11.6 Å². The first kappa shape index (κ1) is 16.6. The Balaban J connectivity index is 1.60. The van der Waals surface area contributed by atoms with Gasteiger partial charge in [-0.2, -0.15) is 5.10 Å². The first-order chi connectivity index (χ1) is 11.6. The van der Waals surface area contributed by atoms with Crippen molar-refractivity contribution < 1.29 is 13.6 Å². The second-order valence-corrected chi connectivity index (χ2v) is 5.81. The highest BCUT2D eigenvalue weighted by molar-refractivity contribution is 5.92. The molecule has 0 radical (unpaired) electrons. The zero-order valence-electron chi connectivity index (χ0n) is 13.6. The van der Waals surface area contributed by atoms with Crippen LogP contribution in [0.3, 0.4) is 0 Å². The average molecular weight is 334 g/mol. The lowest BCUT2D eigenvalue weighted by molar-refractivity contribution is 0.0615. The maximum Gasteiger partial charge on any atom is 0.272 e. The van der Waals surface area contributed by atoms with Gasteiger partial charge in [0.05, 0.1) is 0 Å². The van der Waals surface area contributed by atoms with Crippen LogP contribution in [0.5, 0.6) is 0 Å². The highest BCUT2D eigenvalue weighted by Gasteiger charge is 2.24. The Bertz CT molecular complexity index is 723. The number of amides is 1. The maximum atomic E-state index is 13.8. The SMILES string of the molecule is CCn1nccc1C(=O)N1CCN(Cc2cccc(F)c2F)CC1. The molecule has 3 rings (SSSR count). The van der Waals surface area contributed by atoms with E-state index in [2.05, 4.69) is 5.10 Å². The third kappa shape index (κ3) is 3.31. The highest BCUT2D eigenvalue weighted by Crippen LogP contribution is 2.16. The molecule has 1 aromatic heterocycles. The van der Waals surface area contributed by atoms with E-state index in [9.17, 15) is 13.6 Å². The lowest BCUT2D eigenvalue weighted by Gasteiger charge is -2.34. The van der Waals surface area contributed by atoms with Gasteiger partial charge in [-0.25, -0.2) is 8.78 Å². The molecule has 0 aliphatic carbocycles. The van der Waals surface area contributed by atoms with Crippen LogP contribution in [0, 0.1) is 11.6 Å². The molecule has 1 aromatic carbocycles. The van der Waals surface area contributed by atoms with Crippen molar-refractivity contribution in [2.24, 2.45) is 0 Å². The van der Waals surface area contributed by atoms with Crippen molar-refractivity contribution >= 4 is 5.91 Å². The molecule has 2 heterocycles. The molecule has 1 fully saturated rings. The van der Waals surface area contributed by atoms with Gasteiger partial charge < -0.3 is 4.90 Å². The quantitative estimate of drug-likeness (QED) is 0.860. The van der Waals surface area contributed by atoms with Crippen LogP contribution in [0.1, 0.15) is 23.0 Å². The van der Waals surface area contributed by atoms with Gasteiger partial charge in [0.1, 0.15) is 5.69 Å². The van der Waals surface area contributed by atoms with Gasteiger partial charge >= 0.3 is 0 Å². The Morgan fingerprint density at radius 3 is 2.62 bits per heavy atom. The summed E-state index contributed by atoms with van der Waals surface area (Å²) in [5.41, 5.74) is 0.931. The zero-order valence-corrected chi connectivity index (χ0v) is 13.6. The van der Waals surface area contributed by atoms with Gasteiger partial charge in [0.2, 0.25) is 0 Å². The molecule has 0 bridgehead atoms. The molecule has 1 amide bonds. The van der Waals surface area contributed by atoms with Crippen LogP contribution in [0.2, 0.25) is 0 Å². The summed E-state index contributed by atoms with van der Waals surface area (Å²) in [7, 11) is 0. The van der Waals surface area contributed by atoms with Crippen molar-refractivity contribution in [3.63, 3.8) is 0 Å². The van der Waals surface area contributed by atoms with E-state index in [4.69, 9.17) is 0 Å². The molecule has 128 valence electrons. The molecular weight excluding hydrogens is 314 g/mol. The van der Waals surface area contributed by atoms with E-state index < -0.39 is 11.6 Å². The number of hydrogen-bond donors (Lipinski definition) is 0. The van der Waals surface area contributed by atoms with Gasteiger partial charge in [-0.1, -0.05) is 12.1 Å². The number of hydrogen-bond acceptors (Lipinski definition) is 3. The summed E-state index contributed by atoms with van der Waals surface area (Å²) in [5.74, 6) is -1.65. The predicted octanol–water partition coefficient (Wildman–Crippen LogP) is 2.14. The molecular formula is C17H20F2N4O. The van der Waals surface area contributed by atoms with Crippen LogP contribution in [-0.4, -0.2) is 51.7 Å². The molecule has 24 heavy (non-hydrogen) atoms. The van der Waals surface area contributed by atoms with Crippen LogP contribution < -0.4 is 0 Å². The first-order valence-corrected chi connectivity index (χ1v) is 8.06. The molecule has 0 N–H and O–H groups in total. The normalized spacial score (nSPS) is 15.7. The van der Waals surface area contributed by atoms with E-state index in [1.165, 1.54) is 6.07 Å². The monoisotopic (exact) mass is 334 g/mol. The fourth-order valence-electron chi connectivity index (χ4n) is 2.95. The van der Waals surface area contributed by atoms with E-state index in [0.717, 1.165) is 6.07 Å². The Kier molecular flexibility index (Phi) is 4.89. The van der Waals surface area contributed by atoms with Gasteiger partial charge in [-0.15, -0.1) is 0 Å². The number of benzene rings is 1. The van der Waals surface area contributed by atoms with E-state index in [1.807, 2.05) is 11.8 Å².